The molecule has 2 amide bonds. The number of likely N-dealkylation sites (tertiary alicyclic amines) is 1. The first kappa shape index (κ1) is 29.0. The zero-order valence-electron chi connectivity index (χ0n) is 22.6. The van der Waals surface area contributed by atoms with E-state index in [0.717, 1.165) is 18.8 Å². The van der Waals surface area contributed by atoms with Crippen LogP contribution >= 0.6 is 23.4 Å². The molecule has 0 aliphatic carbocycles. The molecule has 2 fully saturated rings. The minimum Gasteiger partial charge on any atom is -0.355 e. The fraction of sp³-hybridized carbons (Fsp3) is 0.769. The van der Waals surface area contributed by atoms with Gasteiger partial charge >= 0.3 is 0 Å². The van der Waals surface area contributed by atoms with Crippen LogP contribution in [-0.4, -0.2) is 88.7 Å². The third-order valence-electron chi connectivity index (χ3n) is 6.83. The number of piperidine rings is 1. The van der Waals surface area contributed by atoms with Crippen LogP contribution in [-0.2, 0) is 9.59 Å². The van der Waals surface area contributed by atoms with Crippen LogP contribution in [0, 0.1) is 5.41 Å². The van der Waals surface area contributed by atoms with Gasteiger partial charge in [-0.1, -0.05) is 50.6 Å². The monoisotopic (exact) mass is 538 g/mol. The summed E-state index contributed by atoms with van der Waals surface area (Å²) in [4.78, 5) is 40.7. The van der Waals surface area contributed by atoms with E-state index in [2.05, 4.69) is 59.7 Å². The Labute approximate surface area is 225 Å². The summed E-state index contributed by atoms with van der Waals surface area (Å²) in [5, 5.41) is 3.87. The van der Waals surface area contributed by atoms with E-state index in [-0.39, 0.29) is 29.0 Å². The first-order chi connectivity index (χ1) is 17.0. The molecule has 1 aromatic heterocycles. The van der Waals surface area contributed by atoms with Crippen molar-refractivity contribution in [2.75, 3.05) is 49.9 Å². The van der Waals surface area contributed by atoms with E-state index in [1.165, 1.54) is 37.6 Å². The maximum atomic E-state index is 12.7. The van der Waals surface area contributed by atoms with Crippen molar-refractivity contribution in [3.05, 3.63) is 11.2 Å². The van der Waals surface area contributed by atoms with Gasteiger partial charge < -0.3 is 20.0 Å². The van der Waals surface area contributed by atoms with E-state index in [0.29, 0.717) is 49.0 Å². The van der Waals surface area contributed by atoms with Gasteiger partial charge in [-0.2, -0.15) is 0 Å². The standard InChI is InChI=1S/C26H43ClN6O2S/c1-19-9-6-7-11-31(19)12-8-10-28-23(34)18-36-25-29-21(27)15-22(30-25)32-13-14-33(20(2)17-32)24(35)16-26(3,4)5/h15,19-20H,6-14,16-18H2,1-5H3,(H,28,34). The molecule has 0 aromatic carbocycles. The largest absolute Gasteiger partial charge is 0.355 e. The summed E-state index contributed by atoms with van der Waals surface area (Å²) < 4.78 is 0. The first-order valence-electron chi connectivity index (χ1n) is 13.2. The van der Waals surface area contributed by atoms with Gasteiger partial charge in [-0.15, -0.1) is 0 Å². The molecule has 3 rings (SSSR count). The highest BCUT2D eigenvalue weighted by molar-refractivity contribution is 7.99. The van der Waals surface area contributed by atoms with Gasteiger partial charge in [0.25, 0.3) is 0 Å². The maximum absolute atomic E-state index is 12.7. The molecule has 0 saturated carbocycles. The molecule has 2 aliphatic rings. The molecule has 0 radical (unpaired) electrons. The number of nitrogens with one attached hydrogen (secondary N) is 1. The van der Waals surface area contributed by atoms with Crippen molar-refractivity contribution >= 4 is 41.0 Å². The predicted octanol–water partition coefficient (Wildman–Crippen LogP) is 4.08. The van der Waals surface area contributed by atoms with Crippen LogP contribution in [0.15, 0.2) is 11.2 Å². The van der Waals surface area contributed by atoms with Crippen LogP contribution in [0.25, 0.3) is 0 Å². The van der Waals surface area contributed by atoms with Crippen molar-refractivity contribution in [1.82, 2.24) is 25.1 Å². The van der Waals surface area contributed by atoms with E-state index in [9.17, 15) is 9.59 Å². The number of halogens is 1. The van der Waals surface area contributed by atoms with Crippen molar-refractivity contribution in [3.8, 4) is 0 Å². The van der Waals surface area contributed by atoms with Gasteiger partial charge in [0.15, 0.2) is 5.16 Å². The highest BCUT2D eigenvalue weighted by Crippen LogP contribution is 2.26. The lowest BCUT2D eigenvalue weighted by atomic mass is 9.91. The van der Waals surface area contributed by atoms with Gasteiger partial charge in [0, 0.05) is 57.3 Å². The smallest absolute Gasteiger partial charge is 0.230 e. The predicted molar refractivity (Wildman–Crippen MR) is 148 cm³/mol. The minimum atomic E-state index is -0.0293. The van der Waals surface area contributed by atoms with Gasteiger partial charge in [0.05, 0.1) is 5.75 Å². The van der Waals surface area contributed by atoms with Crippen LogP contribution in [0.2, 0.25) is 5.15 Å². The van der Waals surface area contributed by atoms with Crippen molar-refractivity contribution in [3.63, 3.8) is 0 Å². The number of aromatic nitrogens is 2. The molecule has 1 aromatic rings. The van der Waals surface area contributed by atoms with E-state index < -0.39 is 0 Å². The molecule has 0 spiro atoms. The highest BCUT2D eigenvalue weighted by Gasteiger charge is 2.30. The zero-order chi connectivity index (χ0) is 26.3. The Morgan fingerprint density at radius 1 is 1.14 bits per heavy atom. The van der Waals surface area contributed by atoms with E-state index in [1.54, 1.807) is 6.07 Å². The Morgan fingerprint density at radius 2 is 1.92 bits per heavy atom. The summed E-state index contributed by atoms with van der Waals surface area (Å²) in [5.74, 6) is 1.17. The molecular formula is C26H43ClN6O2S. The van der Waals surface area contributed by atoms with Crippen LogP contribution < -0.4 is 10.2 Å². The lowest BCUT2D eigenvalue weighted by Gasteiger charge is -2.41. The van der Waals surface area contributed by atoms with Crippen LogP contribution in [0.4, 0.5) is 5.82 Å². The molecule has 3 heterocycles. The van der Waals surface area contributed by atoms with Crippen molar-refractivity contribution in [2.45, 2.75) is 84.0 Å². The van der Waals surface area contributed by atoms with Crippen molar-refractivity contribution < 1.29 is 9.59 Å². The Balaban J connectivity index is 1.45. The summed E-state index contributed by atoms with van der Waals surface area (Å²) in [6.45, 7) is 15.5. The van der Waals surface area contributed by atoms with Gasteiger partial charge in [0.2, 0.25) is 11.8 Å². The molecule has 36 heavy (non-hydrogen) atoms. The highest BCUT2D eigenvalue weighted by atomic mass is 35.5. The number of anilines is 1. The molecular weight excluding hydrogens is 496 g/mol. The summed E-state index contributed by atoms with van der Waals surface area (Å²) in [5.41, 5.74) is -0.0293. The lowest BCUT2D eigenvalue weighted by Crippen LogP contribution is -2.54. The average molecular weight is 539 g/mol. The van der Waals surface area contributed by atoms with Crippen LogP contribution in [0.5, 0.6) is 0 Å². The van der Waals surface area contributed by atoms with Crippen LogP contribution in [0.1, 0.15) is 66.7 Å². The fourth-order valence-electron chi connectivity index (χ4n) is 4.88. The number of rotatable bonds is 9. The second-order valence-corrected chi connectivity index (χ2v) is 12.7. The van der Waals surface area contributed by atoms with E-state index in [4.69, 9.17) is 11.6 Å². The molecule has 2 unspecified atom stereocenters. The fourth-order valence-corrected chi connectivity index (χ4v) is 5.80. The van der Waals surface area contributed by atoms with Gasteiger partial charge in [-0.3, -0.25) is 9.59 Å². The molecule has 0 bridgehead atoms. The number of carbonyl (C=O) groups excluding carboxylic acids is 2. The Bertz CT molecular complexity index is 896. The van der Waals surface area contributed by atoms with Gasteiger partial charge in [-0.25, -0.2) is 9.97 Å². The number of thioether (sulfide) groups is 1. The number of hydrogen-bond donors (Lipinski definition) is 1. The number of nitrogens with zero attached hydrogens (tertiary/aromatic N) is 5. The second-order valence-electron chi connectivity index (χ2n) is 11.3. The number of amides is 2. The van der Waals surface area contributed by atoms with E-state index >= 15 is 0 Å². The summed E-state index contributed by atoms with van der Waals surface area (Å²) in [7, 11) is 0. The number of carbonyl (C=O) groups is 2. The normalized spacial score (nSPS) is 21.5. The van der Waals surface area contributed by atoms with Crippen LogP contribution in [0.3, 0.4) is 0 Å². The van der Waals surface area contributed by atoms with E-state index in [1.807, 2.05) is 4.90 Å². The Kier molecular flexibility index (Phi) is 10.7. The molecule has 2 atom stereocenters. The molecule has 202 valence electrons. The van der Waals surface area contributed by atoms with Gasteiger partial charge in [0.1, 0.15) is 11.0 Å². The third kappa shape index (κ3) is 9.06. The minimum absolute atomic E-state index is 0.0172. The number of hydrogen-bond acceptors (Lipinski definition) is 7. The SMILES string of the molecule is CC1CCCCN1CCCNC(=O)CSc1nc(Cl)cc(N2CCN(C(=O)CC(C)(C)C)C(C)C2)n1. The Hall–Kier alpha value is -1.58. The third-order valence-corrected chi connectivity index (χ3v) is 7.87. The average Bonchev–Trinajstić information content (AvgIpc) is 2.80. The lowest BCUT2D eigenvalue weighted by molar-refractivity contribution is -0.135. The van der Waals surface area contributed by atoms with Crippen molar-refractivity contribution in [2.24, 2.45) is 5.41 Å². The maximum Gasteiger partial charge on any atom is 0.230 e. The summed E-state index contributed by atoms with van der Waals surface area (Å²) >= 11 is 7.60. The molecule has 2 saturated heterocycles. The molecule has 1 N–H and O–H groups in total. The Morgan fingerprint density at radius 3 is 2.61 bits per heavy atom. The molecule has 2 aliphatic heterocycles. The topological polar surface area (TPSA) is 81.7 Å². The number of piperazine rings is 1. The molecule has 10 heteroatoms. The van der Waals surface area contributed by atoms with Gasteiger partial charge in [-0.05, 0) is 45.1 Å². The molecule has 8 nitrogen and oxygen atoms in total. The van der Waals surface area contributed by atoms with Crippen molar-refractivity contribution in [1.29, 1.82) is 0 Å². The quantitative estimate of drug-likeness (QED) is 0.219. The first-order valence-corrected chi connectivity index (χ1v) is 14.6. The summed E-state index contributed by atoms with van der Waals surface area (Å²) in [6, 6.07) is 2.48. The summed E-state index contributed by atoms with van der Waals surface area (Å²) in [6.07, 6.45) is 5.37. The second kappa shape index (κ2) is 13.3. The zero-order valence-corrected chi connectivity index (χ0v) is 24.1.